The van der Waals surface area contributed by atoms with Crippen LogP contribution >= 0.6 is 11.3 Å². The van der Waals surface area contributed by atoms with Crippen molar-refractivity contribution >= 4 is 23.3 Å². The second kappa shape index (κ2) is 5.73. The van der Waals surface area contributed by atoms with Crippen molar-refractivity contribution in [3.8, 4) is 10.8 Å². The number of furan rings is 1. The lowest BCUT2D eigenvalue weighted by Crippen LogP contribution is -2.49. The monoisotopic (exact) mass is 345 g/mol. The number of imide groups is 1. The number of urea groups is 1. The van der Waals surface area contributed by atoms with E-state index >= 15 is 0 Å². The minimum atomic E-state index is -0.691. The lowest BCUT2D eigenvalue weighted by Gasteiger charge is -2.33. The molecule has 2 aliphatic rings. The predicted molar refractivity (Wildman–Crippen MR) is 89.3 cm³/mol. The predicted octanol–water partition coefficient (Wildman–Crippen LogP) is 3.40. The van der Waals surface area contributed by atoms with E-state index in [-0.39, 0.29) is 18.5 Å². The Morgan fingerprint density at radius 1 is 1.42 bits per heavy atom. The summed E-state index contributed by atoms with van der Waals surface area (Å²) >= 11 is 1.45. The van der Waals surface area contributed by atoms with Gasteiger partial charge >= 0.3 is 6.03 Å². The van der Waals surface area contributed by atoms with Crippen LogP contribution in [0.3, 0.4) is 0 Å². The van der Waals surface area contributed by atoms with E-state index in [1.54, 1.807) is 6.26 Å². The number of thiazole rings is 1. The van der Waals surface area contributed by atoms with Crippen LogP contribution in [0.2, 0.25) is 0 Å². The molecule has 1 N–H and O–H groups in total. The molecule has 0 bridgehead atoms. The average Bonchev–Trinajstić information content (AvgIpc) is 3.28. The molecule has 2 aromatic heterocycles. The van der Waals surface area contributed by atoms with E-state index in [0.29, 0.717) is 17.4 Å². The molecule has 24 heavy (non-hydrogen) atoms. The van der Waals surface area contributed by atoms with Gasteiger partial charge in [0.15, 0.2) is 10.8 Å². The zero-order chi connectivity index (χ0) is 16.7. The van der Waals surface area contributed by atoms with Gasteiger partial charge in [-0.05, 0) is 43.7 Å². The summed E-state index contributed by atoms with van der Waals surface area (Å²) in [7, 11) is 0. The number of carbonyl (C=O) groups excluding carboxylic acids is 2. The van der Waals surface area contributed by atoms with Crippen molar-refractivity contribution in [2.75, 3.05) is 0 Å². The molecule has 0 aromatic carbocycles. The van der Waals surface area contributed by atoms with Crippen LogP contribution in [0.1, 0.15) is 38.3 Å². The summed E-state index contributed by atoms with van der Waals surface area (Å²) in [5.74, 6) is 1.21. The van der Waals surface area contributed by atoms with Crippen LogP contribution in [-0.2, 0) is 11.3 Å². The molecule has 1 aliphatic heterocycles. The first-order valence-corrected chi connectivity index (χ1v) is 9.08. The molecule has 0 unspecified atom stereocenters. The number of amides is 3. The number of carbonyl (C=O) groups is 2. The molecule has 4 rings (SSSR count). The fraction of sp³-hybridized carbons (Fsp3) is 0.471. The molecule has 1 aliphatic carbocycles. The number of hydrogen-bond donors (Lipinski definition) is 1. The standard InChI is InChI=1S/C17H19N3O3S/c1-11-4-6-17(7-5-11)15(21)20(16(22)19-17)9-12-10-24-14(18-12)13-3-2-8-23-13/h2-3,8,10-11H,4-7,9H2,1H3,(H,19,22). The van der Waals surface area contributed by atoms with E-state index in [1.807, 2.05) is 17.5 Å². The largest absolute Gasteiger partial charge is 0.462 e. The van der Waals surface area contributed by atoms with Gasteiger partial charge in [0.05, 0.1) is 18.5 Å². The molecular formula is C17H19N3O3S. The van der Waals surface area contributed by atoms with Gasteiger partial charge in [-0.3, -0.25) is 9.69 Å². The van der Waals surface area contributed by atoms with Crippen LogP contribution < -0.4 is 5.32 Å². The maximum absolute atomic E-state index is 12.8. The third-order valence-corrected chi connectivity index (χ3v) is 5.88. The van der Waals surface area contributed by atoms with Gasteiger partial charge in [-0.25, -0.2) is 9.78 Å². The van der Waals surface area contributed by atoms with Crippen molar-refractivity contribution in [1.82, 2.24) is 15.2 Å². The second-order valence-electron chi connectivity index (χ2n) is 6.71. The topological polar surface area (TPSA) is 75.4 Å². The molecule has 3 amide bonds. The Balaban J connectivity index is 1.51. The van der Waals surface area contributed by atoms with E-state index in [9.17, 15) is 9.59 Å². The van der Waals surface area contributed by atoms with Crippen LogP contribution in [0, 0.1) is 5.92 Å². The van der Waals surface area contributed by atoms with Gasteiger partial charge in [0, 0.05) is 5.38 Å². The third kappa shape index (κ3) is 2.53. The number of nitrogens with one attached hydrogen (secondary N) is 1. The Hall–Kier alpha value is -2.15. The van der Waals surface area contributed by atoms with E-state index in [1.165, 1.54) is 16.2 Å². The van der Waals surface area contributed by atoms with Crippen molar-refractivity contribution < 1.29 is 14.0 Å². The molecule has 2 aromatic rings. The van der Waals surface area contributed by atoms with Crippen molar-refractivity contribution in [2.24, 2.45) is 5.92 Å². The minimum Gasteiger partial charge on any atom is -0.462 e. The summed E-state index contributed by atoms with van der Waals surface area (Å²) in [4.78, 5) is 31.0. The van der Waals surface area contributed by atoms with Gasteiger partial charge in [-0.1, -0.05) is 6.92 Å². The highest BCUT2D eigenvalue weighted by molar-refractivity contribution is 7.13. The summed E-state index contributed by atoms with van der Waals surface area (Å²) in [6.45, 7) is 2.40. The number of hydrogen-bond acceptors (Lipinski definition) is 5. The van der Waals surface area contributed by atoms with Crippen LogP contribution in [0.4, 0.5) is 4.79 Å². The smallest absolute Gasteiger partial charge is 0.325 e. The van der Waals surface area contributed by atoms with Gasteiger partial charge in [0.1, 0.15) is 5.54 Å². The van der Waals surface area contributed by atoms with Gasteiger partial charge in [0.2, 0.25) is 0 Å². The van der Waals surface area contributed by atoms with Crippen molar-refractivity contribution in [3.63, 3.8) is 0 Å². The lowest BCUT2D eigenvalue weighted by molar-refractivity contribution is -0.133. The number of aromatic nitrogens is 1. The highest BCUT2D eigenvalue weighted by atomic mass is 32.1. The Morgan fingerprint density at radius 2 is 2.21 bits per heavy atom. The third-order valence-electron chi connectivity index (χ3n) is 4.98. The molecule has 2 fully saturated rings. The van der Waals surface area contributed by atoms with Gasteiger partial charge in [-0.15, -0.1) is 11.3 Å². The van der Waals surface area contributed by atoms with Crippen molar-refractivity contribution in [3.05, 3.63) is 29.5 Å². The minimum absolute atomic E-state index is 0.105. The molecule has 6 nitrogen and oxygen atoms in total. The van der Waals surface area contributed by atoms with Crippen molar-refractivity contribution in [1.29, 1.82) is 0 Å². The molecule has 1 spiro atoms. The maximum Gasteiger partial charge on any atom is 0.325 e. The van der Waals surface area contributed by atoms with Gasteiger partial charge in [0.25, 0.3) is 5.91 Å². The summed E-state index contributed by atoms with van der Waals surface area (Å²) in [5, 5.41) is 5.56. The normalized spacial score (nSPS) is 27.0. The van der Waals surface area contributed by atoms with Crippen LogP contribution in [0.25, 0.3) is 10.8 Å². The van der Waals surface area contributed by atoms with E-state index in [4.69, 9.17) is 4.42 Å². The van der Waals surface area contributed by atoms with E-state index in [0.717, 1.165) is 30.7 Å². The first-order valence-electron chi connectivity index (χ1n) is 8.20. The summed E-state index contributed by atoms with van der Waals surface area (Å²) < 4.78 is 5.33. The summed E-state index contributed by atoms with van der Waals surface area (Å²) in [6, 6.07) is 3.35. The lowest BCUT2D eigenvalue weighted by atomic mass is 9.77. The zero-order valence-electron chi connectivity index (χ0n) is 13.4. The summed E-state index contributed by atoms with van der Waals surface area (Å²) in [5.41, 5.74) is 0.0137. The van der Waals surface area contributed by atoms with Crippen LogP contribution in [0.5, 0.6) is 0 Å². The highest BCUT2D eigenvalue weighted by Gasteiger charge is 2.52. The van der Waals surface area contributed by atoms with E-state index < -0.39 is 5.54 Å². The summed E-state index contributed by atoms with van der Waals surface area (Å²) in [6.07, 6.45) is 4.99. The molecule has 0 atom stereocenters. The Morgan fingerprint density at radius 3 is 2.92 bits per heavy atom. The molecule has 0 radical (unpaired) electrons. The first-order chi connectivity index (χ1) is 11.6. The molecular weight excluding hydrogens is 326 g/mol. The van der Waals surface area contributed by atoms with E-state index in [2.05, 4.69) is 17.2 Å². The average molecular weight is 345 g/mol. The quantitative estimate of drug-likeness (QED) is 0.865. The number of rotatable bonds is 3. The molecule has 1 saturated heterocycles. The first kappa shape index (κ1) is 15.4. The molecule has 126 valence electrons. The fourth-order valence-corrected chi connectivity index (χ4v) is 4.25. The fourth-order valence-electron chi connectivity index (χ4n) is 3.47. The number of nitrogens with zero attached hydrogens (tertiary/aromatic N) is 2. The van der Waals surface area contributed by atoms with Gasteiger partial charge in [-0.2, -0.15) is 0 Å². The zero-order valence-corrected chi connectivity index (χ0v) is 14.3. The Labute approximate surface area is 143 Å². The molecule has 7 heteroatoms. The second-order valence-corrected chi connectivity index (χ2v) is 7.57. The Kier molecular flexibility index (Phi) is 3.68. The van der Waals surface area contributed by atoms with Gasteiger partial charge < -0.3 is 9.73 Å². The Bertz CT molecular complexity index is 760. The van der Waals surface area contributed by atoms with Crippen LogP contribution in [-0.4, -0.2) is 27.4 Å². The SMILES string of the molecule is CC1CCC2(CC1)NC(=O)N(Cc1csc(-c3ccco3)n1)C2=O. The highest BCUT2D eigenvalue weighted by Crippen LogP contribution is 2.37. The maximum atomic E-state index is 12.8. The van der Waals surface area contributed by atoms with Crippen LogP contribution in [0.15, 0.2) is 28.2 Å². The molecule has 3 heterocycles. The van der Waals surface area contributed by atoms with Crippen molar-refractivity contribution in [2.45, 2.75) is 44.7 Å². The molecule has 1 saturated carbocycles.